The Morgan fingerprint density at radius 2 is 2.20 bits per heavy atom. The molecule has 0 radical (unpaired) electrons. The molecule has 9 heteroatoms. The van der Waals surface area contributed by atoms with Gasteiger partial charge in [-0.3, -0.25) is 0 Å². The third kappa shape index (κ3) is 3.63. The zero-order chi connectivity index (χ0) is 14.6. The number of hydrogen-bond acceptors (Lipinski definition) is 6. The molecule has 0 amide bonds. The van der Waals surface area contributed by atoms with Crippen LogP contribution in [0.5, 0.6) is 0 Å². The van der Waals surface area contributed by atoms with Gasteiger partial charge < -0.3 is 9.88 Å². The van der Waals surface area contributed by atoms with Gasteiger partial charge in [-0.1, -0.05) is 6.92 Å². The van der Waals surface area contributed by atoms with E-state index in [0.717, 1.165) is 12.1 Å². The number of aryl methyl sites for hydroxylation is 1. The van der Waals surface area contributed by atoms with Crippen LogP contribution in [-0.4, -0.2) is 29.7 Å². The predicted molar refractivity (Wildman–Crippen MR) is 76.7 cm³/mol. The van der Waals surface area contributed by atoms with Gasteiger partial charge in [-0.25, -0.2) is 13.1 Å². The Morgan fingerprint density at radius 3 is 2.85 bits per heavy atom. The number of thiophene rings is 1. The fourth-order valence-electron chi connectivity index (χ4n) is 1.55. The summed E-state index contributed by atoms with van der Waals surface area (Å²) < 4.78 is 28.8. The molecule has 2 aromatic rings. The summed E-state index contributed by atoms with van der Waals surface area (Å²) in [7, 11) is -1.73. The first kappa shape index (κ1) is 15.1. The quantitative estimate of drug-likeness (QED) is 0.775. The highest BCUT2D eigenvalue weighted by Crippen LogP contribution is 2.20. The summed E-state index contributed by atoms with van der Waals surface area (Å²) >= 11 is 1.22. The first-order chi connectivity index (χ1) is 9.53. The van der Waals surface area contributed by atoms with E-state index in [1.165, 1.54) is 17.7 Å². The third-order valence-corrected chi connectivity index (χ3v) is 5.59. The van der Waals surface area contributed by atoms with Gasteiger partial charge in [0.25, 0.3) is 0 Å². The van der Waals surface area contributed by atoms with Gasteiger partial charge in [0, 0.05) is 13.6 Å². The molecule has 0 spiro atoms. The van der Waals surface area contributed by atoms with E-state index in [2.05, 4.69) is 20.2 Å². The second-order valence-electron chi connectivity index (χ2n) is 4.24. The Labute approximate surface area is 122 Å². The van der Waals surface area contributed by atoms with E-state index in [-0.39, 0.29) is 6.54 Å². The summed E-state index contributed by atoms with van der Waals surface area (Å²) in [5.74, 6) is 0.568. The SMILES string of the molecule is CCNCc1csc(S(=O)(=O)NCc2nncn2C)c1. The van der Waals surface area contributed by atoms with Gasteiger partial charge in [0.05, 0.1) is 6.54 Å². The summed E-state index contributed by atoms with van der Waals surface area (Å²) in [6.45, 7) is 3.65. The van der Waals surface area contributed by atoms with Gasteiger partial charge in [-0.2, -0.15) is 0 Å². The van der Waals surface area contributed by atoms with Crippen molar-refractivity contribution in [3.05, 3.63) is 29.2 Å². The van der Waals surface area contributed by atoms with Crippen LogP contribution < -0.4 is 10.0 Å². The zero-order valence-electron chi connectivity index (χ0n) is 11.3. The van der Waals surface area contributed by atoms with Crippen molar-refractivity contribution >= 4 is 21.4 Å². The second kappa shape index (κ2) is 6.44. The smallest absolute Gasteiger partial charge is 0.250 e. The molecule has 2 aromatic heterocycles. The highest BCUT2D eigenvalue weighted by atomic mass is 32.2. The van der Waals surface area contributed by atoms with Crippen LogP contribution in [0.2, 0.25) is 0 Å². The van der Waals surface area contributed by atoms with Crippen LogP contribution in [0.3, 0.4) is 0 Å². The molecule has 110 valence electrons. The van der Waals surface area contributed by atoms with E-state index in [9.17, 15) is 8.42 Å². The minimum Gasteiger partial charge on any atom is -0.320 e. The summed E-state index contributed by atoms with van der Waals surface area (Å²) in [4.78, 5) is 0. The molecule has 0 aliphatic heterocycles. The van der Waals surface area contributed by atoms with Crippen molar-refractivity contribution in [3.63, 3.8) is 0 Å². The fourth-order valence-corrected chi connectivity index (χ4v) is 3.79. The lowest BCUT2D eigenvalue weighted by Gasteiger charge is -2.04. The minimum atomic E-state index is -3.50. The van der Waals surface area contributed by atoms with Gasteiger partial charge in [0.15, 0.2) is 0 Å². The predicted octanol–water partition coefficient (Wildman–Crippen LogP) is 0.465. The maximum atomic E-state index is 12.1. The van der Waals surface area contributed by atoms with Crippen molar-refractivity contribution in [1.82, 2.24) is 24.8 Å². The molecule has 2 rings (SSSR count). The van der Waals surface area contributed by atoms with Crippen LogP contribution in [0.4, 0.5) is 0 Å². The van der Waals surface area contributed by atoms with Gasteiger partial charge in [-0.15, -0.1) is 21.5 Å². The van der Waals surface area contributed by atoms with E-state index >= 15 is 0 Å². The highest BCUT2D eigenvalue weighted by molar-refractivity contribution is 7.91. The van der Waals surface area contributed by atoms with Crippen LogP contribution in [0.15, 0.2) is 22.0 Å². The lowest BCUT2D eigenvalue weighted by Crippen LogP contribution is -2.24. The molecule has 0 atom stereocenters. The Balaban J connectivity index is 2.03. The number of aromatic nitrogens is 3. The fraction of sp³-hybridized carbons (Fsp3) is 0.455. The first-order valence-electron chi connectivity index (χ1n) is 6.13. The van der Waals surface area contributed by atoms with Crippen molar-refractivity contribution in [2.75, 3.05) is 6.54 Å². The molecule has 0 aliphatic rings. The summed E-state index contributed by atoms with van der Waals surface area (Å²) in [5, 5.41) is 12.6. The number of nitrogens with one attached hydrogen (secondary N) is 2. The van der Waals surface area contributed by atoms with E-state index in [1.807, 2.05) is 12.3 Å². The molecule has 2 heterocycles. The molecule has 2 N–H and O–H groups in total. The molecular formula is C11H17N5O2S2. The summed E-state index contributed by atoms with van der Waals surface area (Å²) in [6, 6.07) is 1.69. The molecule has 0 saturated carbocycles. The van der Waals surface area contributed by atoms with Gasteiger partial charge in [-0.05, 0) is 23.6 Å². The van der Waals surface area contributed by atoms with Crippen molar-refractivity contribution in [2.24, 2.45) is 7.05 Å². The second-order valence-corrected chi connectivity index (χ2v) is 7.14. The molecule has 7 nitrogen and oxygen atoms in total. The molecule has 0 saturated heterocycles. The first-order valence-corrected chi connectivity index (χ1v) is 8.50. The standard InChI is InChI=1S/C11H17N5O2S2/c1-3-12-5-9-4-11(19-7-9)20(17,18)14-6-10-15-13-8-16(10)2/h4,7-8,12,14H,3,5-6H2,1-2H3. The van der Waals surface area contributed by atoms with Crippen LogP contribution >= 0.6 is 11.3 Å². The Morgan fingerprint density at radius 1 is 1.40 bits per heavy atom. The Bertz CT molecular complexity index is 662. The van der Waals surface area contributed by atoms with Crippen LogP contribution in [-0.2, 0) is 30.2 Å². The van der Waals surface area contributed by atoms with E-state index < -0.39 is 10.0 Å². The van der Waals surface area contributed by atoms with Crippen molar-refractivity contribution in [3.8, 4) is 0 Å². The molecule has 0 aromatic carbocycles. The number of sulfonamides is 1. The molecule has 20 heavy (non-hydrogen) atoms. The summed E-state index contributed by atoms with van der Waals surface area (Å²) in [5.41, 5.74) is 0.968. The van der Waals surface area contributed by atoms with Crippen molar-refractivity contribution in [2.45, 2.75) is 24.2 Å². The van der Waals surface area contributed by atoms with Gasteiger partial charge in [0.2, 0.25) is 10.0 Å². The van der Waals surface area contributed by atoms with Gasteiger partial charge in [0.1, 0.15) is 16.4 Å². The van der Waals surface area contributed by atoms with Crippen LogP contribution in [0.1, 0.15) is 18.3 Å². The topological polar surface area (TPSA) is 88.9 Å². The van der Waals surface area contributed by atoms with E-state index in [0.29, 0.717) is 16.6 Å². The molecule has 0 unspecified atom stereocenters. The Hall–Kier alpha value is -1.29. The zero-order valence-corrected chi connectivity index (χ0v) is 13.0. The molecule has 0 bridgehead atoms. The molecule has 0 fully saturated rings. The van der Waals surface area contributed by atoms with Crippen LogP contribution in [0, 0.1) is 0 Å². The molecule has 0 aliphatic carbocycles. The highest BCUT2D eigenvalue weighted by Gasteiger charge is 2.17. The summed E-state index contributed by atoms with van der Waals surface area (Å²) in [6.07, 6.45) is 1.53. The molecular weight excluding hydrogens is 298 g/mol. The van der Waals surface area contributed by atoms with E-state index in [4.69, 9.17) is 0 Å². The van der Waals surface area contributed by atoms with E-state index in [1.54, 1.807) is 17.7 Å². The van der Waals surface area contributed by atoms with Crippen molar-refractivity contribution in [1.29, 1.82) is 0 Å². The number of rotatable bonds is 7. The average Bonchev–Trinajstić information content (AvgIpc) is 3.03. The number of nitrogens with zero attached hydrogens (tertiary/aromatic N) is 3. The number of hydrogen-bond donors (Lipinski definition) is 2. The average molecular weight is 315 g/mol. The van der Waals surface area contributed by atoms with Crippen molar-refractivity contribution < 1.29 is 8.42 Å². The monoisotopic (exact) mass is 315 g/mol. The minimum absolute atomic E-state index is 0.124. The largest absolute Gasteiger partial charge is 0.320 e. The lowest BCUT2D eigenvalue weighted by atomic mass is 10.3. The lowest BCUT2D eigenvalue weighted by molar-refractivity contribution is 0.579. The van der Waals surface area contributed by atoms with Gasteiger partial charge >= 0.3 is 0 Å². The Kier molecular flexibility index (Phi) is 4.86. The maximum Gasteiger partial charge on any atom is 0.250 e. The maximum absolute atomic E-state index is 12.1. The third-order valence-electron chi connectivity index (χ3n) is 2.70. The normalized spacial score (nSPS) is 11.9. The van der Waals surface area contributed by atoms with Crippen LogP contribution in [0.25, 0.3) is 0 Å².